The molecule has 184 valence electrons. The Morgan fingerprint density at radius 2 is 2.12 bits per heavy atom. The molecule has 1 spiro atoms. The van der Waals surface area contributed by atoms with Gasteiger partial charge in [0.2, 0.25) is 11.8 Å². The Morgan fingerprint density at radius 1 is 1.36 bits per heavy atom. The van der Waals surface area contributed by atoms with Crippen molar-refractivity contribution in [2.24, 2.45) is 11.8 Å². The molecule has 1 saturated carbocycles. The largest absolute Gasteiger partial charge is 0.370 e. The number of carbonyl (C=O) groups is 2. The van der Waals surface area contributed by atoms with Crippen LogP contribution in [0.2, 0.25) is 0 Å². The van der Waals surface area contributed by atoms with E-state index in [2.05, 4.69) is 30.1 Å². The zero-order valence-electron chi connectivity index (χ0n) is 21.0. The predicted octanol–water partition coefficient (Wildman–Crippen LogP) is 3.57. The lowest BCUT2D eigenvalue weighted by atomic mass is 9.76. The second-order valence-electron chi connectivity index (χ2n) is 10.7. The van der Waals surface area contributed by atoms with Gasteiger partial charge in [0.05, 0.1) is 12.2 Å². The van der Waals surface area contributed by atoms with Crippen LogP contribution in [-0.2, 0) is 32.8 Å². The van der Waals surface area contributed by atoms with Crippen LogP contribution in [0.25, 0.3) is 0 Å². The van der Waals surface area contributed by atoms with E-state index in [9.17, 15) is 9.59 Å². The van der Waals surface area contributed by atoms with Crippen LogP contribution < -0.4 is 5.32 Å². The van der Waals surface area contributed by atoms with Gasteiger partial charge in [0.1, 0.15) is 0 Å². The third-order valence-corrected chi connectivity index (χ3v) is 9.30. The highest BCUT2D eigenvalue weighted by Gasteiger charge is 2.45. The van der Waals surface area contributed by atoms with E-state index < -0.39 is 0 Å². The first-order valence-corrected chi connectivity index (χ1v) is 13.5. The van der Waals surface area contributed by atoms with Gasteiger partial charge in [-0.3, -0.25) is 9.59 Å². The molecule has 1 N–H and O–H groups in total. The average molecular weight is 476 g/mol. The Kier molecular flexibility index (Phi) is 7.51. The normalized spacial score (nSPS) is 30.4. The van der Waals surface area contributed by atoms with Crippen molar-refractivity contribution in [1.29, 1.82) is 0 Å². The van der Waals surface area contributed by atoms with Crippen LogP contribution in [0.3, 0.4) is 0 Å². The van der Waals surface area contributed by atoms with Gasteiger partial charge in [0, 0.05) is 67.8 Å². The van der Waals surface area contributed by atoms with Gasteiger partial charge in [-0.15, -0.1) is 11.3 Å². The van der Waals surface area contributed by atoms with E-state index in [1.165, 1.54) is 10.4 Å². The van der Waals surface area contributed by atoms with Crippen molar-refractivity contribution in [3.8, 4) is 0 Å². The Balaban J connectivity index is 1.24. The number of nitrogens with zero attached hydrogens (tertiary/aromatic N) is 2. The number of hydrogen-bond acceptors (Lipinski definition) is 5. The molecule has 6 nitrogen and oxygen atoms in total. The minimum atomic E-state index is -0.275. The third kappa shape index (κ3) is 5.30. The maximum atomic E-state index is 12.4. The summed E-state index contributed by atoms with van der Waals surface area (Å²) in [4.78, 5) is 31.5. The monoisotopic (exact) mass is 475 g/mol. The molecular weight excluding hydrogens is 434 g/mol. The van der Waals surface area contributed by atoms with Crippen LogP contribution in [0, 0.1) is 11.8 Å². The molecule has 0 bridgehead atoms. The van der Waals surface area contributed by atoms with Crippen molar-refractivity contribution in [1.82, 2.24) is 15.1 Å². The maximum absolute atomic E-state index is 12.4. The first kappa shape index (κ1) is 24.7. The lowest BCUT2D eigenvalue weighted by Gasteiger charge is -2.49. The van der Waals surface area contributed by atoms with E-state index in [0.717, 1.165) is 58.2 Å². The number of amides is 2. The number of piperidine rings is 1. The average Bonchev–Trinajstić information content (AvgIpc) is 3.18. The van der Waals surface area contributed by atoms with Crippen molar-refractivity contribution >= 4 is 23.2 Å². The first-order chi connectivity index (χ1) is 15.7. The van der Waals surface area contributed by atoms with E-state index in [0.29, 0.717) is 12.0 Å². The number of fused-ring (bicyclic) bond motifs is 2. The summed E-state index contributed by atoms with van der Waals surface area (Å²) in [5.41, 5.74) is 1.40. The molecule has 2 amide bonds. The molecule has 7 heteroatoms. The van der Waals surface area contributed by atoms with Crippen molar-refractivity contribution in [2.45, 2.75) is 83.4 Å². The minimum absolute atomic E-state index is 0.00318. The molecular formula is C26H41N3O3S. The van der Waals surface area contributed by atoms with Crippen LogP contribution in [0.1, 0.15) is 68.2 Å². The smallest absolute Gasteiger partial charge is 0.223 e. The van der Waals surface area contributed by atoms with Crippen molar-refractivity contribution < 1.29 is 14.3 Å². The fourth-order valence-electron chi connectivity index (χ4n) is 5.76. The van der Waals surface area contributed by atoms with Gasteiger partial charge in [-0.05, 0) is 56.6 Å². The Bertz CT molecular complexity index is 863. The lowest BCUT2D eigenvalue weighted by Crippen LogP contribution is -2.54. The number of likely N-dealkylation sites (tertiary alicyclic amines) is 1. The quantitative estimate of drug-likeness (QED) is 0.655. The second-order valence-corrected chi connectivity index (χ2v) is 12.0. The summed E-state index contributed by atoms with van der Waals surface area (Å²) >= 11 is 1.99. The fraction of sp³-hybridized carbons (Fsp3) is 0.769. The molecule has 1 aliphatic carbocycles. The van der Waals surface area contributed by atoms with Gasteiger partial charge in [0.15, 0.2) is 0 Å². The number of hydrogen-bond donors (Lipinski definition) is 1. The molecule has 2 fully saturated rings. The zero-order chi connectivity index (χ0) is 23.8. The Labute approximate surface area is 203 Å². The number of rotatable bonds is 7. The molecule has 2 aliphatic heterocycles. The molecule has 0 aromatic carbocycles. The summed E-state index contributed by atoms with van der Waals surface area (Å²) in [5, 5.41) is 3.16. The van der Waals surface area contributed by atoms with E-state index in [1.807, 2.05) is 18.3 Å². The van der Waals surface area contributed by atoms with Crippen LogP contribution in [-0.4, -0.2) is 67.5 Å². The summed E-state index contributed by atoms with van der Waals surface area (Å²) in [6.45, 7) is 9.48. The molecule has 0 radical (unpaired) electrons. The first-order valence-electron chi connectivity index (χ1n) is 12.7. The molecule has 33 heavy (non-hydrogen) atoms. The van der Waals surface area contributed by atoms with Crippen molar-refractivity contribution in [2.75, 3.05) is 33.8 Å². The highest BCUT2D eigenvalue weighted by Crippen LogP contribution is 2.46. The van der Waals surface area contributed by atoms with Crippen LogP contribution in [0.5, 0.6) is 0 Å². The molecule has 1 aromatic rings. The predicted molar refractivity (Wildman–Crippen MR) is 132 cm³/mol. The van der Waals surface area contributed by atoms with Gasteiger partial charge >= 0.3 is 0 Å². The van der Waals surface area contributed by atoms with Gasteiger partial charge in [-0.1, -0.05) is 13.8 Å². The van der Waals surface area contributed by atoms with Gasteiger partial charge in [-0.25, -0.2) is 0 Å². The summed E-state index contributed by atoms with van der Waals surface area (Å²) < 4.78 is 6.49. The molecule has 3 aliphatic rings. The van der Waals surface area contributed by atoms with E-state index in [4.69, 9.17) is 4.74 Å². The maximum Gasteiger partial charge on any atom is 0.223 e. The fourth-order valence-corrected chi connectivity index (χ4v) is 6.94. The summed E-state index contributed by atoms with van der Waals surface area (Å²) in [7, 11) is 3.46. The zero-order valence-corrected chi connectivity index (χ0v) is 21.8. The Hall–Kier alpha value is -1.44. The summed E-state index contributed by atoms with van der Waals surface area (Å²) in [6.07, 6.45) is 6.68. The Morgan fingerprint density at radius 3 is 2.79 bits per heavy atom. The van der Waals surface area contributed by atoms with E-state index >= 15 is 0 Å². The van der Waals surface area contributed by atoms with Crippen molar-refractivity contribution in [3.63, 3.8) is 0 Å². The molecule has 1 saturated heterocycles. The molecule has 4 rings (SSSR count). The van der Waals surface area contributed by atoms with Gasteiger partial charge in [-0.2, -0.15) is 0 Å². The van der Waals surface area contributed by atoms with Crippen LogP contribution >= 0.6 is 11.3 Å². The van der Waals surface area contributed by atoms with E-state index in [-0.39, 0.29) is 35.8 Å². The van der Waals surface area contributed by atoms with Crippen LogP contribution in [0.4, 0.5) is 0 Å². The van der Waals surface area contributed by atoms with Gasteiger partial charge in [0.25, 0.3) is 0 Å². The number of thiophene rings is 1. The topological polar surface area (TPSA) is 61.9 Å². The van der Waals surface area contributed by atoms with Crippen LogP contribution in [0.15, 0.2) is 6.07 Å². The number of aryl methyl sites for hydroxylation is 1. The summed E-state index contributed by atoms with van der Waals surface area (Å²) in [6, 6.07) is 3.18. The highest BCUT2D eigenvalue weighted by atomic mass is 32.1. The second kappa shape index (κ2) is 10.0. The third-order valence-electron chi connectivity index (χ3n) is 7.96. The molecule has 1 unspecified atom stereocenters. The number of nitrogens with one attached hydrogen (secondary N) is 1. The highest BCUT2D eigenvalue weighted by molar-refractivity contribution is 7.12. The standard InChI is InChI=1S/C26H41N3O3S/c1-6-21-14-22-23(33-21)7-10-32-26(22)8-9-29(18(3)15-26)16-19-12-20(13-19)27-25(31)17(2)11-24(30)28(4)5/h14,17-20H,6-13,15-16H2,1-5H3,(H,27,31)/t17?,18-,19-,20+,26+/m0/s1. The van der Waals surface area contributed by atoms with E-state index in [1.54, 1.807) is 23.9 Å². The SMILES string of the molecule is CCc1cc2c(s1)CCO[C@@]21CCN(C[C@H]2C[C@@H](NC(=O)C(C)CC(=O)N(C)C)C2)[C@@H](C)C1. The molecule has 1 aromatic heterocycles. The number of ether oxygens (including phenoxy) is 1. The molecule has 3 atom stereocenters. The number of carbonyl (C=O) groups excluding carboxylic acids is 2. The lowest BCUT2D eigenvalue weighted by molar-refractivity contribution is -0.134. The minimum Gasteiger partial charge on any atom is -0.370 e. The van der Waals surface area contributed by atoms with Gasteiger partial charge < -0.3 is 19.9 Å². The van der Waals surface area contributed by atoms with Crippen molar-refractivity contribution in [3.05, 3.63) is 21.4 Å². The summed E-state index contributed by atoms with van der Waals surface area (Å²) in [5.74, 6) is 0.377. The molecule has 3 heterocycles.